The summed E-state index contributed by atoms with van der Waals surface area (Å²) in [4.78, 5) is 11.8. The van der Waals surface area contributed by atoms with E-state index in [1.165, 1.54) is 6.08 Å². The molecule has 0 saturated carbocycles. The Bertz CT molecular complexity index is 647. The molecule has 2 aromatic rings. The van der Waals surface area contributed by atoms with E-state index in [1.807, 2.05) is 60.7 Å². The van der Waals surface area contributed by atoms with Gasteiger partial charge in [-0.25, -0.2) is 0 Å². The third-order valence-electron chi connectivity index (χ3n) is 3.74. The van der Waals surface area contributed by atoms with Crippen LogP contribution in [0.3, 0.4) is 0 Å². The molecule has 2 nitrogen and oxygen atoms in total. The molecule has 20 heavy (non-hydrogen) atoms. The fraction of sp³-hybridized carbons (Fsp3) is 0.0556. The van der Waals surface area contributed by atoms with Gasteiger partial charge in [0.2, 0.25) is 0 Å². The molecule has 98 valence electrons. The van der Waals surface area contributed by atoms with Crippen LogP contribution in [0.15, 0.2) is 73.3 Å². The monoisotopic (exact) mass is 262 g/mol. The summed E-state index contributed by atoms with van der Waals surface area (Å²) in [5, 5.41) is 9.65. The van der Waals surface area contributed by atoms with Crippen LogP contribution in [-0.2, 0) is 4.79 Å². The quantitative estimate of drug-likeness (QED) is 0.849. The summed E-state index contributed by atoms with van der Waals surface area (Å²) in [6.07, 6.45) is 1.53. The van der Waals surface area contributed by atoms with E-state index in [4.69, 9.17) is 0 Å². The van der Waals surface area contributed by atoms with Gasteiger partial charge in [-0.15, -0.1) is 6.58 Å². The second kappa shape index (κ2) is 4.49. The highest BCUT2D eigenvalue weighted by Crippen LogP contribution is 2.64. The molecule has 0 saturated heterocycles. The Morgan fingerprint density at radius 3 is 1.60 bits per heavy atom. The lowest BCUT2D eigenvalue weighted by Gasteiger charge is -2.09. The topological polar surface area (TPSA) is 37.3 Å². The van der Waals surface area contributed by atoms with Gasteiger partial charge in [-0.1, -0.05) is 66.7 Å². The highest BCUT2D eigenvalue weighted by Gasteiger charge is 2.58. The molecule has 0 radical (unpaired) electrons. The first-order chi connectivity index (χ1) is 9.71. The fourth-order valence-electron chi connectivity index (χ4n) is 2.75. The first kappa shape index (κ1) is 12.4. The maximum absolute atomic E-state index is 11.8. The van der Waals surface area contributed by atoms with Gasteiger partial charge in [0.15, 0.2) is 0 Å². The number of benzene rings is 2. The number of carboxylic acid groups (broad SMARTS) is 1. The lowest BCUT2D eigenvalue weighted by atomic mass is 9.93. The van der Waals surface area contributed by atoms with E-state index >= 15 is 0 Å². The van der Waals surface area contributed by atoms with E-state index in [0.717, 1.165) is 22.3 Å². The van der Waals surface area contributed by atoms with E-state index in [9.17, 15) is 9.90 Å². The number of aliphatic carboxylic acids is 1. The molecule has 1 aliphatic rings. The van der Waals surface area contributed by atoms with Crippen molar-refractivity contribution in [2.45, 2.75) is 0 Å². The molecule has 0 atom stereocenters. The number of carbonyl (C=O) groups is 1. The maximum Gasteiger partial charge on any atom is 0.322 e. The Balaban J connectivity index is 2.18. The Labute approximate surface area is 117 Å². The van der Waals surface area contributed by atoms with Crippen molar-refractivity contribution in [2.75, 3.05) is 0 Å². The molecule has 2 aromatic carbocycles. The minimum Gasteiger partial charge on any atom is -0.480 e. The van der Waals surface area contributed by atoms with Crippen LogP contribution in [0, 0.1) is 5.41 Å². The summed E-state index contributed by atoms with van der Waals surface area (Å²) in [7, 11) is 0. The summed E-state index contributed by atoms with van der Waals surface area (Å²) in [6, 6.07) is 19.3. The summed E-state index contributed by atoms with van der Waals surface area (Å²) in [5.74, 6) is -0.870. The van der Waals surface area contributed by atoms with Crippen molar-refractivity contribution in [3.05, 3.63) is 84.4 Å². The normalized spacial score (nSPS) is 15.8. The molecule has 2 heteroatoms. The van der Waals surface area contributed by atoms with Gasteiger partial charge in [-0.3, -0.25) is 4.79 Å². The van der Waals surface area contributed by atoms with Crippen LogP contribution >= 0.6 is 0 Å². The number of hydrogen-bond donors (Lipinski definition) is 1. The lowest BCUT2D eigenvalue weighted by Crippen LogP contribution is -2.17. The highest BCUT2D eigenvalue weighted by atomic mass is 16.4. The molecule has 0 spiro atoms. The van der Waals surface area contributed by atoms with Crippen LogP contribution in [0.25, 0.3) is 11.1 Å². The molecule has 0 bridgehead atoms. The van der Waals surface area contributed by atoms with Gasteiger partial charge in [0, 0.05) is 0 Å². The van der Waals surface area contributed by atoms with Crippen LogP contribution in [-0.4, -0.2) is 11.1 Å². The molecular formula is C18H14O2. The van der Waals surface area contributed by atoms with E-state index in [0.29, 0.717) is 0 Å². The second-order valence-corrected chi connectivity index (χ2v) is 4.80. The van der Waals surface area contributed by atoms with E-state index in [-0.39, 0.29) is 0 Å². The molecule has 1 aliphatic carbocycles. The maximum atomic E-state index is 11.8. The smallest absolute Gasteiger partial charge is 0.322 e. The Hall–Kier alpha value is -2.61. The number of hydrogen-bond acceptors (Lipinski definition) is 1. The van der Waals surface area contributed by atoms with Crippen LogP contribution in [0.4, 0.5) is 0 Å². The molecule has 3 rings (SSSR count). The lowest BCUT2D eigenvalue weighted by molar-refractivity contribution is -0.139. The summed E-state index contributed by atoms with van der Waals surface area (Å²) in [6.45, 7) is 3.75. The average Bonchev–Trinajstić information content (AvgIpc) is 3.19. The van der Waals surface area contributed by atoms with Crippen LogP contribution in [0.1, 0.15) is 11.1 Å². The van der Waals surface area contributed by atoms with Crippen molar-refractivity contribution in [1.82, 2.24) is 0 Å². The predicted octanol–water partition coefficient (Wildman–Crippen LogP) is 3.87. The average molecular weight is 262 g/mol. The Morgan fingerprint density at radius 1 is 0.900 bits per heavy atom. The molecule has 0 heterocycles. The minimum atomic E-state index is -1.05. The van der Waals surface area contributed by atoms with Gasteiger partial charge in [0.05, 0.1) is 0 Å². The first-order valence-corrected chi connectivity index (χ1v) is 6.45. The SMILES string of the molecule is C=CC1(C(=O)O)C(c2ccccc2)=C1c1ccccc1. The van der Waals surface area contributed by atoms with Crippen LogP contribution in [0.5, 0.6) is 0 Å². The van der Waals surface area contributed by atoms with Crippen molar-refractivity contribution < 1.29 is 9.90 Å². The third-order valence-corrected chi connectivity index (χ3v) is 3.74. The first-order valence-electron chi connectivity index (χ1n) is 6.45. The summed E-state index contributed by atoms with van der Waals surface area (Å²) < 4.78 is 0. The molecule has 0 fully saturated rings. The Morgan fingerprint density at radius 2 is 1.30 bits per heavy atom. The van der Waals surface area contributed by atoms with Gasteiger partial charge in [0.25, 0.3) is 0 Å². The van der Waals surface area contributed by atoms with Crippen LogP contribution < -0.4 is 0 Å². The molecule has 0 unspecified atom stereocenters. The zero-order chi connectivity index (χ0) is 14.2. The number of rotatable bonds is 4. The van der Waals surface area contributed by atoms with E-state index in [2.05, 4.69) is 6.58 Å². The van der Waals surface area contributed by atoms with Crippen molar-refractivity contribution in [3.8, 4) is 0 Å². The molecule has 0 aromatic heterocycles. The minimum absolute atomic E-state index is 0.840. The Kier molecular flexibility index (Phi) is 2.79. The standard InChI is InChI=1S/C18H14O2/c1-2-18(17(19)20)15(13-9-5-3-6-10-13)16(18)14-11-7-4-8-12-14/h2-12H,1H2,(H,19,20). The molecular weight excluding hydrogens is 248 g/mol. The zero-order valence-corrected chi connectivity index (χ0v) is 10.9. The van der Waals surface area contributed by atoms with Gasteiger partial charge in [-0.2, -0.15) is 0 Å². The third kappa shape index (κ3) is 1.62. The van der Waals surface area contributed by atoms with E-state index in [1.54, 1.807) is 0 Å². The highest BCUT2D eigenvalue weighted by molar-refractivity contribution is 6.28. The second-order valence-electron chi connectivity index (χ2n) is 4.80. The predicted molar refractivity (Wildman–Crippen MR) is 80.0 cm³/mol. The van der Waals surface area contributed by atoms with Crippen molar-refractivity contribution in [3.63, 3.8) is 0 Å². The van der Waals surface area contributed by atoms with Crippen LogP contribution in [0.2, 0.25) is 0 Å². The number of carboxylic acids is 1. The summed E-state index contributed by atoms with van der Waals surface area (Å²) >= 11 is 0. The van der Waals surface area contributed by atoms with Gasteiger partial charge >= 0.3 is 5.97 Å². The van der Waals surface area contributed by atoms with Crippen molar-refractivity contribution in [2.24, 2.45) is 5.41 Å². The zero-order valence-electron chi connectivity index (χ0n) is 10.9. The summed E-state index contributed by atoms with van der Waals surface area (Å²) in [5.41, 5.74) is 2.50. The molecule has 1 N–H and O–H groups in total. The van der Waals surface area contributed by atoms with Gasteiger partial charge < -0.3 is 5.11 Å². The van der Waals surface area contributed by atoms with Crippen molar-refractivity contribution in [1.29, 1.82) is 0 Å². The van der Waals surface area contributed by atoms with Gasteiger partial charge in [0.1, 0.15) is 5.41 Å². The fourth-order valence-corrected chi connectivity index (χ4v) is 2.75. The van der Waals surface area contributed by atoms with Gasteiger partial charge in [-0.05, 0) is 22.3 Å². The molecule has 0 amide bonds. The largest absolute Gasteiger partial charge is 0.480 e. The van der Waals surface area contributed by atoms with E-state index < -0.39 is 11.4 Å². The molecule has 0 aliphatic heterocycles. The van der Waals surface area contributed by atoms with Crippen molar-refractivity contribution >= 4 is 17.1 Å².